The maximum Gasteiger partial charge on any atom is 0.343 e. The maximum atomic E-state index is 12.3. The van der Waals surface area contributed by atoms with E-state index in [2.05, 4.69) is 12.1 Å². The van der Waals surface area contributed by atoms with Crippen LogP contribution in [0.4, 0.5) is 5.69 Å². The molecule has 0 heterocycles. The molecule has 0 spiro atoms. The van der Waals surface area contributed by atoms with Crippen molar-refractivity contribution in [3.63, 3.8) is 0 Å². The van der Waals surface area contributed by atoms with Gasteiger partial charge in [-0.2, -0.15) is 0 Å². The van der Waals surface area contributed by atoms with E-state index in [1.807, 2.05) is 12.1 Å². The van der Waals surface area contributed by atoms with Crippen molar-refractivity contribution in [1.29, 1.82) is 0 Å². The highest BCUT2D eigenvalue weighted by Crippen LogP contribution is 2.60. The third-order valence-electron chi connectivity index (χ3n) is 7.03. The lowest BCUT2D eigenvalue weighted by Gasteiger charge is -2.57. The van der Waals surface area contributed by atoms with E-state index < -0.39 is 10.9 Å². The second-order valence-corrected chi connectivity index (χ2v) is 8.92. The number of carbonyl (C=O) groups is 1. The molecule has 4 fully saturated rings. The van der Waals surface area contributed by atoms with Gasteiger partial charge in [0.25, 0.3) is 5.69 Å². The molecule has 0 aliphatic heterocycles. The first-order valence-electron chi connectivity index (χ1n) is 10.1. The molecule has 4 bridgehead atoms. The number of nitrogens with zero attached hydrogens (tertiary/aromatic N) is 1. The topological polar surface area (TPSA) is 69.4 Å². The fourth-order valence-electron chi connectivity index (χ4n) is 6.23. The van der Waals surface area contributed by atoms with Crippen molar-refractivity contribution in [2.75, 3.05) is 0 Å². The molecule has 5 heteroatoms. The maximum absolute atomic E-state index is 12.3. The Bertz CT molecular complexity index is 881. The summed E-state index contributed by atoms with van der Waals surface area (Å²) in [7, 11) is 0. The van der Waals surface area contributed by atoms with Gasteiger partial charge in [0.05, 0.1) is 10.5 Å². The number of nitro benzene ring substituents is 1. The molecule has 4 aliphatic carbocycles. The largest absolute Gasteiger partial charge is 0.423 e. The number of nitro groups is 1. The van der Waals surface area contributed by atoms with Gasteiger partial charge in [0.2, 0.25) is 0 Å². The smallest absolute Gasteiger partial charge is 0.343 e. The quantitative estimate of drug-likeness (QED) is 0.314. The van der Waals surface area contributed by atoms with E-state index in [1.165, 1.54) is 68.4 Å². The van der Waals surface area contributed by atoms with Crippen LogP contribution in [0.1, 0.15) is 54.4 Å². The number of esters is 1. The van der Waals surface area contributed by atoms with E-state index >= 15 is 0 Å². The monoisotopic (exact) mass is 377 g/mol. The minimum absolute atomic E-state index is 0.0449. The Kier molecular flexibility index (Phi) is 4.00. The Morgan fingerprint density at radius 2 is 1.43 bits per heavy atom. The van der Waals surface area contributed by atoms with Crippen molar-refractivity contribution in [2.45, 2.75) is 43.9 Å². The van der Waals surface area contributed by atoms with Crippen molar-refractivity contribution < 1.29 is 14.5 Å². The highest BCUT2D eigenvalue weighted by atomic mass is 16.6. The van der Waals surface area contributed by atoms with E-state index in [9.17, 15) is 14.9 Å². The Morgan fingerprint density at radius 1 is 0.893 bits per heavy atom. The SMILES string of the molecule is O=C(Oc1ccc(C23CC4CC(CC(C4)C2)C3)cc1)c1ccc([N+](=O)[O-])cc1. The zero-order valence-corrected chi connectivity index (χ0v) is 15.7. The summed E-state index contributed by atoms with van der Waals surface area (Å²) >= 11 is 0. The summed E-state index contributed by atoms with van der Waals surface area (Å²) in [5, 5.41) is 10.7. The first-order chi connectivity index (χ1) is 13.5. The van der Waals surface area contributed by atoms with Gasteiger partial charge in [-0.3, -0.25) is 10.1 Å². The average molecular weight is 377 g/mol. The number of hydrogen-bond donors (Lipinski definition) is 0. The van der Waals surface area contributed by atoms with Crippen molar-refractivity contribution in [1.82, 2.24) is 0 Å². The normalized spacial score (nSPS) is 30.2. The van der Waals surface area contributed by atoms with Crippen LogP contribution in [-0.2, 0) is 5.41 Å². The minimum Gasteiger partial charge on any atom is -0.423 e. The molecule has 0 unspecified atom stereocenters. The highest BCUT2D eigenvalue weighted by molar-refractivity contribution is 5.91. The molecule has 0 atom stereocenters. The summed E-state index contributed by atoms with van der Waals surface area (Å²) in [5.74, 6) is 2.69. The van der Waals surface area contributed by atoms with E-state index in [0.29, 0.717) is 16.7 Å². The molecule has 0 amide bonds. The van der Waals surface area contributed by atoms with Crippen molar-refractivity contribution in [3.8, 4) is 5.75 Å². The molecule has 0 radical (unpaired) electrons. The number of carbonyl (C=O) groups excluding carboxylic acids is 1. The third-order valence-corrected chi connectivity index (χ3v) is 7.03. The van der Waals surface area contributed by atoms with Gasteiger partial charge in [-0.05, 0) is 91.5 Å². The van der Waals surface area contributed by atoms with Gasteiger partial charge < -0.3 is 4.74 Å². The summed E-state index contributed by atoms with van der Waals surface area (Å²) in [6.45, 7) is 0. The van der Waals surface area contributed by atoms with Crippen molar-refractivity contribution in [3.05, 3.63) is 69.8 Å². The van der Waals surface area contributed by atoms with Crippen molar-refractivity contribution >= 4 is 11.7 Å². The highest BCUT2D eigenvalue weighted by Gasteiger charge is 2.51. The first kappa shape index (κ1) is 17.4. The summed E-state index contributed by atoms with van der Waals surface area (Å²) in [5.41, 5.74) is 1.98. The van der Waals surface area contributed by atoms with Gasteiger partial charge in [-0.1, -0.05) is 12.1 Å². The number of rotatable bonds is 4. The van der Waals surface area contributed by atoms with Crippen LogP contribution < -0.4 is 4.74 Å². The summed E-state index contributed by atoms with van der Waals surface area (Å²) < 4.78 is 5.47. The fourth-order valence-corrected chi connectivity index (χ4v) is 6.23. The predicted octanol–water partition coefficient (Wildman–Crippen LogP) is 5.28. The summed E-state index contributed by atoms with van der Waals surface area (Å²) in [4.78, 5) is 22.5. The Morgan fingerprint density at radius 3 is 1.93 bits per heavy atom. The molecule has 0 aromatic heterocycles. The van der Waals surface area contributed by atoms with Crippen LogP contribution in [0.3, 0.4) is 0 Å². The molecule has 0 N–H and O–H groups in total. The van der Waals surface area contributed by atoms with Gasteiger partial charge in [-0.25, -0.2) is 4.79 Å². The zero-order valence-electron chi connectivity index (χ0n) is 15.7. The van der Waals surface area contributed by atoms with Crippen LogP contribution in [0.25, 0.3) is 0 Å². The lowest BCUT2D eigenvalue weighted by atomic mass is 9.48. The average Bonchev–Trinajstić information content (AvgIpc) is 2.67. The minimum atomic E-state index is -0.502. The first-order valence-corrected chi connectivity index (χ1v) is 10.1. The molecule has 144 valence electrons. The second-order valence-electron chi connectivity index (χ2n) is 8.92. The lowest BCUT2D eigenvalue weighted by molar-refractivity contribution is -0.384. The number of non-ortho nitro benzene ring substituents is 1. The fraction of sp³-hybridized carbons (Fsp3) is 0.435. The molecule has 6 rings (SSSR count). The van der Waals surface area contributed by atoms with E-state index in [4.69, 9.17) is 4.74 Å². The van der Waals surface area contributed by atoms with Crippen LogP contribution in [0.15, 0.2) is 48.5 Å². The molecule has 5 nitrogen and oxygen atoms in total. The predicted molar refractivity (Wildman–Crippen MR) is 104 cm³/mol. The van der Waals surface area contributed by atoms with Gasteiger partial charge in [-0.15, -0.1) is 0 Å². The molecular weight excluding hydrogens is 354 g/mol. The number of ether oxygens (including phenoxy) is 1. The molecule has 28 heavy (non-hydrogen) atoms. The summed E-state index contributed by atoms with van der Waals surface area (Å²) in [6.07, 6.45) is 8.18. The number of benzene rings is 2. The van der Waals surface area contributed by atoms with Gasteiger partial charge >= 0.3 is 5.97 Å². The molecule has 4 aliphatic rings. The van der Waals surface area contributed by atoms with Crippen LogP contribution in [0.5, 0.6) is 5.75 Å². The van der Waals surface area contributed by atoms with E-state index in [1.54, 1.807) is 0 Å². The van der Waals surface area contributed by atoms with Crippen LogP contribution in [0.2, 0.25) is 0 Å². The Labute approximate surface area is 163 Å². The lowest BCUT2D eigenvalue weighted by Crippen LogP contribution is -2.48. The van der Waals surface area contributed by atoms with Crippen LogP contribution in [0, 0.1) is 27.9 Å². The molecular formula is C23H23NO4. The number of hydrogen-bond acceptors (Lipinski definition) is 4. The summed E-state index contributed by atoms with van der Waals surface area (Å²) in [6, 6.07) is 13.5. The van der Waals surface area contributed by atoms with Gasteiger partial charge in [0.15, 0.2) is 0 Å². The second kappa shape index (κ2) is 6.43. The third kappa shape index (κ3) is 2.99. The molecule has 2 aromatic rings. The molecule has 0 saturated heterocycles. The van der Waals surface area contributed by atoms with Gasteiger partial charge in [0.1, 0.15) is 5.75 Å². The van der Waals surface area contributed by atoms with E-state index in [0.717, 1.165) is 17.8 Å². The zero-order chi connectivity index (χ0) is 19.3. The molecule has 2 aromatic carbocycles. The van der Waals surface area contributed by atoms with Crippen LogP contribution in [-0.4, -0.2) is 10.9 Å². The van der Waals surface area contributed by atoms with Crippen LogP contribution >= 0.6 is 0 Å². The van der Waals surface area contributed by atoms with E-state index in [-0.39, 0.29) is 5.69 Å². The molecule has 4 saturated carbocycles. The Balaban J connectivity index is 1.30. The van der Waals surface area contributed by atoms with Crippen molar-refractivity contribution in [2.24, 2.45) is 17.8 Å². The van der Waals surface area contributed by atoms with Gasteiger partial charge in [0, 0.05) is 12.1 Å². The standard InChI is InChI=1S/C23H23NO4/c25-22(18-1-5-20(6-2-18)24(26)27)28-21-7-3-19(4-8-21)23-12-15-9-16(13-23)11-17(10-15)14-23/h1-8,15-17H,9-14H2. The Hall–Kier alpha value is -2.69.